The number of hydrogen-bond donors (Lipinski definition) is 1. The van der Waals surface area contributed by atoms with E-state index in [-0.39, 0.29) is 5.75 Å². The topological polar surface area (TPSA) is 29.5 Å². The minimum absolute atomic E-state index is 0.0780. The van der Waals surface area contributed by atoms with Crippen LogP contribution in [0.4, 0.5) is 8.78 Å². The summed E-state index contributed by atoms with van der Waals surface area (Å²) in [6.07, 6.45) is -0.616. The van der Waals surface area contributed by atoms with Gasteiger partial charge in [0.15, 0.2) is 0 Å². The summed E-state index contributed by atoms with van der Waals surface area (Å²) in [4.78, 5) is 0. The Morgan fingerprint density at radius 3 is 2.21 bits per heavy atom. The van der Waals surface area contributed by atoms with Crippen LogP contribution < -0.4 is 4.74 Å². The van der Waals surface area contributed by atoms with Crippen LogP contribution in [0, 0.1) is 11.6 Å². The van der Waals surface area contributed by atoms with Crippen molar-refractivity contribution in [1.29, 1.82) is 0 Å². The van der Waals surface area contributed by atoms with Crippen molar-refractivity contribution in [3.63, 3.8) is 0 Å². The molecule has 5 heteroatoms. The maximum atomic E-state index is 13.0. The van der Waals surface area contributed by atoms with Crippen molar-refractivity contribution >= 4 is 15.9 Å². The number of aliphatic hydroxyl groups excluding tert-OH is 1. The van der Waals surface area contributed by atoms with Gasteiger partial charge in [0.05, 0.1) is 6.10 Å². The van der Waals surface area contributed by atoms with Gasteiger partial charge < -0.3 is 9.84 Å². The molecule has 0 fully saturated rings. The molecule has 0 aromatic heterocycles. The Hall–Kier alpha value is -1.46. The fraction of sp³-hybridized carbons (Fsp3) is 0.143. The molecule has 0 heterocycles. The average molecular weight is 329 g/mol. The van der Waals surface area contributed by atoms with Gasteiger partial charge in [-0.25, -0.2) is 8.78 Å². The Morgan fingerprint density at radius 2 is 1.68 bits per heavy atom. The molecule has 0 spiro atoms. The third-order valence-electron chi connectivity index (χ3n) is 2.49. The van der Waals surface area contributed by atoms with Gasteiger partial charge in [0.2, 0.25) is 0 Å². The highest BCUT2D eigenvalue weighted by atomic mass is 79.9. The number of benzene rings is 2. The van der Waals surface area contributed by atoms with Crippen molar-refractivity contribution < 1.29 is 18.6 Å². The number of aliphatic hydroxyl groups is 1. The van der Waals surface area contributed by atoms with Crippen LogP contribution >= 0.6 is 15.9 Å². The molecule has 2 aromatic carbocycles. The zero-order valence-electron chi connectivity index (χ0n) is 10.0. The summed E-state index contributed by atoms with van der Waals surface area (Å²) in [6, 6.07) is 7.90. The second-order valence-electron chi connectivity index (χ2n) is 4.07. The van der Waals surface area contributed by atoms with Gasteiger partial charge in [-0.2, -0.15) is 0 Å². The zero-order valence-corrected chi connectivity index (χ0v) is 11.6. The van der Waals surface area contributed by atoms with E-state index in [1.807, 2.05) is 0 Å². The van der Waals surface area contributed by atoms with Gasteiger partial charge in [0.1, 0.15) is 23.1 Å². The van der Waals surface area contributed by atoms with Crippen molar-refractivity contribution in [2.45, 2.75) is 13.0 Å². The summed E-state index contributed by atoms with van der Waals surface area (Å²) in [7, 11) is 0. The molecule has 1 N–H and O–H groups in total. The molecular weight excluding hydrogens is 318 g/mol. The second-order valence-corrected chi connectivity index (χ2v) is 4.92. The predicted molar refractivity (Wildman–Crippen MR) is 71.2 cm³/mol. The van der Waals surface area contributed by atoms with Crippen molar-refractivity contribution in [3.8, 4) is 11.5 Å². The Labute approximate surface area is 117 Å². The highest BCUT2D eigenvalue weighted by Crippen LogP contribution is 2.30. The van der Waals surface area contributed by atoms with E-state index in [2.05, 4.69) is 15.9 Å². The van der Waals surface area contributed by atoms with E-state index in [9.17, 15) is 13.9 Å². The number of hydrogen-bond acceptors (Lipinski definition) is 2. The van der Waals surface area contributed by atoms with Crippen LogP contribution in [0.1, 0.15) is 18.6 Å². The number of halogens is 3. The minimum atomic E-state index is -0.699. The van der Waals surface area contributed by atoms with Gasteiger partial charge in [-0.3, -0.25) is 0 Å². The SMILES string of the molecule is C[C@H](O)c1ccc(Oc2cc(F)cc(F)c2)cc1Br. The highest BCUT2D eigenvalue weighted by molar-refractivity contribution is 9.10. The zero-order chi connectivity index (χ0) is 14.0. The largest absolute Gasteiger partial charge is 0.457 e. The van der Waals surface area contributed by atoms with Crippen LogP contribution in [-0.4, -0.2) is 5.11 Å². The van der Waals surface area contributed by atoms with Crippen LogP contribution in [0.2, 0.25) is 0 Å². The average Bonchev–Trinajstić information content (AvgIpc) is 2.26. The predicted octanol–water partition coefficient (Wildman–Crippen LogP) is 4.57. The lowest BCUT2D eigenvalue weighted by atomic mass is 10.1. The number of ether oxygens (including phenoxy) is 1. The molecule has 0 unspecified atom stereocenters. The van der Waals surface area contributed by atoms with Crippen LogP contribution in [0.15, 0.2) is 40.9 Å². The van der Waals surface area contributed by atoms with E-state index >= 15 is 0 Å². The molecule has 2 rings (SSSR count). The van der Waals surface area contributed by atoms with Crippen LogP contribution in [-0.2, 0) is 0 Å². The summed E-state index contributed by atoms with van der Waals surface area (Å²) in [5.74, 6) is -0.903. The van der Waals surface area contributed by atoms with Gasteiger partial charge in [0, 0.05) is 22.7 Å². The second kappa shape index (κ2) is 5.67. The van der Waals surface area contributed by atoms with E-state index in [1.54, 1.807) is 25.1 Å². The standard InChI is InChI=1S/C14H11BrF2O2/c1-8(18)13-3-2-11(7-14(13)15)19-12-5-9(16)4-10(17)6-12/h2-8,18H,1H3/t8-/m0/s1. The molecule has 1 atom stereocenters. The maximum absolute atomic E-state index is 13.0. The highest BCUT2D eigenvalue weighted by Gasteiger charge is 2.08. The summed E-state index contributed by atoms with van der Waals surface area (Å²) in [5.41, 5.74) is 0.706. The van der Waals surface area contributed by atoms with Gasteiger partial charge in [0.25, 0.3) is 0 Å². The van der Waals surface area contributed by atoms with Gasteiger partial charge in [-0.1, -0.05) is 22.0 Å². The molecule has 0 saturated heterocycles. The van der Waals surface area contributed by atoms with Gasteiger partial charge >= 0.3 is 0 Å². The summed E-state index contributed by atoms with van der Waals surface area (Å²) >= 11 is 3.30. The van der Waals surface area contributed by atoms with Gasteiger partial charge in [-0.15, -0.1) is 0 Å². The maximum Gasteiger partial charge on any atom is 0.133 e. The Bertz CT molecular complexity index is 580. The molecule has 0 amide bonds. The fourth-order valence-electron chi connectivity index (χ4n) is 1.63. The number of rotatable bonds is 3. The van der Waals surface area contributed by atoms with E-state index in [0.29, 0.717) is 15.8 Å². The third-order valence-corrected chi connectivity index (χ3v) is 3.18. The van der Waals surface area contributed by atoms with Crippen LogP contribution in [0.3, 0.4) is 0 Å². The molecule has 19 heavy (non-hydrogen) atoms. The normalized spacial score (nSPS) is 12.3. The Balaban J connectivity index is 2.26. The Kier molecular flexibility index (Phi) is 4.17. The first-order valence-corrected chi connectivity index (χ1v) is 6.36. The summed E-state index contributed by atoms with van der Waals surface area (Å²) < 4.78 is 32.1. The van der Waals surface area contributed by atoms with Crippen molar-refractivity contribution in [3.05, 3.63) is 58.1 Å². The van der Waals surface area contributed by atoms with Gasteiger partial charge in [-0.05, 0) is 24.6 Å². The van der Waals surface area contributed by atoms with Crippen LogP contribution in [0.25, 0.3) is 0 Å². The van der Waals surface area contributed by atoms with Crippen molar-refractivity contribution in [2.75, 3.05) is 0 Å². The first-order chi connectivity index (χ1) is 8.95. The Morgan fingerprint density at radius 1 is 1.05 bits per heavy atom. The monoisotopic (exact) mass is 328 g/mol. The molecule has 2 aromatic rings. The molecule has 0 aliphatic heterocycles. The summed E-state index contributed by atoms with van der Waals surface area (Å²) in [6.45, 7) is 1.64. The molecule has 0 aliphatic carbocycles. The lowest BCUT2D eigenvalue weighted by molar-refractivity contribution is 0.198. The molecule has 0 bridgehead atoms. The summed E-state index contributed by atoms with van der Waals surface area (Å²) in [5, 5.41) is 9.49. The van der Waals surface area contributed by atoms with E-state index < -0.39 is 17.7 Å². The van der Waals surface area contributed by atoms with E-state index in [0.717, 1.165) is 18.2 Å². The first-order valence-electron chi connectivity index (χ1n) is 5.57. The lowest BCUT2D eigenvalue weighted by Gasteiger charge is -2.11. The first kappa shape index (κ1) is 14.0. The molecular formula is C14H11BrF2O2. The molecule has 2 nitrogen and oxygen atoms in total. The molecule has 0 aliphatic rings. The van der Waals surface area contributed by atoms with Crippen LogP contribution in [0.5, 0.6) is 11.5 Å². The van der Waals surface area contributed by atoms with E-state index in [4.69, 9.17) is 4.74 Å². The molecule has 100 valence electrons. The van der Waals surface area contributed by atoms with Crippen molar-refractivity contribution in [2.24, 2.45) is 0 Å². The van der Waals surface area contributed by atoms with Crippen molar-refractivity contribution in [1.82, 2.24) is 0 Å². The molecule has 0 radical (unpaired) electrons. The smallest absolute Gasteiger partial charge is 0.133 e. The fourth-order valence-corrected chi connectivity index (χ4v) is 2.32. The molecule has 0 saturated carbocycles. The lowest BCUT2D eigenvalue weighted by Crippen LogP contribution is -1.93. The quantitative estimate of drug-likeness (QED) is 0.894. The minimum Gasteiger partial charge on any atom is -0.457 e. The third kappa shape index (κ3) is 3.52. The van der Waals surface area contributed by atoms with E-state index in [1.165, 1.54) is 0 Å².